The van der Waals surface area contributed by atoms with Gasteiger partial charge in [-0.2, -0.15) is 13.2 Å². The van der Waals surface area contributed by atoms with E-state index in [2.05, 4.69) is 5.32 Å². The van der Waals surface area contributed by atoms with Gasteiger partial charge in [0.1, 0.15) is 5.75 Å². The molecule has 8 heteroatoms. The normalized spacial score (nSPS) is 21.0. The molecule has 33 heavy (non-hydrogen) atoms. The lowest BCUT2D eigenvalue weighted by molar-refractivity contribution is -0.137. The standard InChI is InChI=1S/C25H29F3N2O3/c1-14(2)33-20-11-18(25(26,27)28)10-19(12-20)29-23(32)24(6)13-30(22(31)17(24)5)21-15(3)8-7-9-16(21)4/h7-12,14,17H,13H2,1-6H3,(H,29,32)/t17?,24-/m1/s1. The van der Waals surface area contributed by atoms with Gasteiger partial charge in [0.2, 0.25) is 11.8 Å². The highest BCUT2D eigenvalue weighted by Gasteiger charge is 2.52. The Bertz CT molecular complexity index is 1060. The van der Waals surface area contributed by atoms with Crippen LogP contribution >= 0.6 is 0 Å². The highest BCUT2D eigenvalue weighted by molar-refractivity contribution is 6.07. The number of carbonyl (C=O) groups is 2. The Morgan fingerprint density at radius 1 is 1.18 bits per heavy atom. The van der Waals surface area contributed by atoms with E-state index in [4.69, 9.17) is 4.74 Å². The summed E-state index contributed by atoms with van der Waals surface area (Å²) in [6, 6.07) is 8.83. The van der Waals surface area contributed by atoms with Crippen LogP contribution in [0.25, 0.3) is 0 Å². The highest BCUT2D eigenvalue weighted by atomic mass is 19.4. The first kappa shape index (κ1) is 24.6. The average Bonchev–Trinajstić information content (AvgIpc) is 2.92. The van der Waals surface area contributed by atoms with Crippen LogP contribution in [0, 0.1) is 25.2 Å². The number of ether oxygens (including phenoxy) is 1. The van der Waals surface area contributed by atoms with Crippen molar-refractivity contribution in [2.45, 2.75) is 53.8 Å². The van der Waals surface area contributed by atoms with E-state index in [1.807, 2.05) is 32.0 Å². The van der Waals surface area contributed by atoms with Crippen molar-refractivity contribution < 1.29 is 27.5 Å². The average molecular weight is 463 g/mol. The molecule has 2 atom stereocenters. The molecule has 1 N–H and O–H groups in total. The summed E-state index contributed by atoms with van der Waals surface area (Å²) in [5.41, 5.74) is 0.490. The van der Waals surface area contributed by atoms with Crippen molar-refractivity contribution in [1.82, 2.24) is 0 Å². The van der Waals surface area contributed by atoms with Gasteiger partial charge >= 0.3 is 6.18 Å². The molecule has 1 unspecified atom stereocenters. The molecule has 2 aromatic carbocycles. The van der Waals surface area contributed by atoms with Crippen LogP contribution in [0.5, 0.6) is 5.75 Å². The van der Waals surface area contributed by atoms with Crippen LogP contribution < -0.4 is 15.0 Å². The van der Waals surface area contributed by atoms with Crippen LogP contribution in [-0.4, -0.2) is 24.5 Å². The van der Waals surface area contributed by atoms with Crippen molar-refractivity contribution >= 4 is 23.2 Å². The third-order valence-electron chi connectivity index (χ3n) is 6.17. The Labute approximate surface area is 191 Å². The lowest BCUT2D eigenvalue weighted by Gasteiger charge is -2.27. The summed E-state index contributed by atoms with van der Waals surface area (Å²) in [4.78, 5) is 28.0. The number of anilines is 2. The first-order valence-electron chi connectivity index (χ1n) is 10.8. The molecular weight excluding hydrogens is 433 g/mol. The van der Waals surface area contributed by atoms with Crippen molar-refractivity contribution in [3.8, 4) is 5.75 Å². The van der Waals surface area contributed by atoms with Crippen molar-refractivity contribution in [1.29, 1.82) is 0 Å². The Morgan fingerprint density at radius 3 is 2.33 bits per heavy atom. The summed E-state index contributed by atoms with van der Waals surface area (Å²) in [6.45, 7) is 10.7. The second-order valence-corrected chi connectivity index (χ2v) is 9.17. The molecule has 178 valence electrons. The molecule has 1 heterocycles. The van der Waals surface area contributed by atoms with Crippen molar-refractivity contribution in [2.75, 3.05) is 16.8 Å². The summed E-state index contributed by atoms with van der Waals surface area (Å²) in [7, 11) is 0. The molecule has 0 saturated carbocycles. The minimum absolute atomic E-state index is 0.00739. The van der Waals surface area contributed by atoms with Crippen molar-refractivity contribution in [2.24, 2.45) is 11.3 Å². The lowest BCUT2D eigenvalue weighted by Crippen LogP contribution is -2.40. The maximum atomic E-state index is 13.4. The number of nitrogens with one attached hydrogen (secondary N) is 1. The van der Waals surface area contributed by atoms with Crippen LogP contribution in [0.1, 0.15) is 44.4 Å². The van der Waals surface area contributed by atoms with E-state index in [-0.39, 0.29) is 30.0 Å². The number of rotatable bonds is 5. The minimum atomic E-state index is -4.60. The Kier molecular flexibility index (Phi) is 6.51. The topological polar surface area (TPSA) is 58.6 Å². The van der Waals surface area contributed by atoms with E-state index in [9.17, 15) is 22.8 Å². The van der Waals surface area contributed by atoms with Crippen molar-refractivity contribution in [3.63, 3.8) is 0 Å². The third-order valence-corrected chi connectivity index (χ3v) is 6.17. The van der Waals surface area contributed by atoms with Crippen LogP contribution in [0.15, 0.2) is 36.4 Å². The number of benzene rings is 2. The second-order valence-electron chi connectivity index (χ2n) is 9.17. The number of alkyl halides is 3. The van der Waals surface area contributed by atoms with Gasteiger partial charge in [0.05, 0.1) is 23.0 Å². The Hall–Kier alpha value is -3.03. The first-order chi connectivity index (χ1) is 15.2. The van der Waals surface area contributed by atoms with Crippen LogP contribution in [0.4, 0.5) is 24.5 Å². The first-order valence-corrected chi connectivity index (χ1v) is 10.8. The molecule has 0 bridgehead atoms. The Balaban J connectivity index is 1.93. The van der Waals surface area contributed by atoms with Crippen molar-refractivity contribution in [3.05, 3.63) is 53.1 Å². The van der Waals surface area contributed by atoms with Gasteiger partial charge in [0.25, 0.3) is 0 Å². The number of halogens is 3. The largest absolute Gasteiger partial charge is 0.491 e. The van der Waals surface area contributed by atoms with Gasteiger partial charge < -0.3 is 15.0 Å². The summed E-state index contributed by atoms with van der Waals surface area (Å²) in [6.07, 6.45) is -4.94. The maximum Gasteiger partial charge on any atom is 0.416 e. The van der Waals surface area contributed by atoms with Gasteiger partial charge in [-0.05, 0) is 57.9 Å². The SMILES string of the molecule is Cc1cccc(C)c1N1C[C@@](C)(C(=O)Nc2cc(OC(C)C)cc(C(F)(F)F)c2)C(C)C1=O. The zero-order valence-electron chi connectivity index (χ0n) is 19.6. The fourth-order valence-electron chi connectivity index (χ4n) is 4.19. The molecule has 1 aliphatic rings. The summed E-state index contributed by atoms with van der Waals surface area (Å²) >= 11 is 0. The van der Waals surface area contributed by atoms with E-state index in [0.717, 1.165) is 28.9 Å². The van der Waals surface area contributed by atoms with Gasteiger partial charge in [0, 0.05) is 24.0 Å². The van der Waals surface area contributed by atoms with E-state index < -0.39 is 29.0 Å². The zero-order chi connectivity index (χ0) is 24.7. The monoisotopic (exact) mass is 462 g/mol. The molecule has 1 aliphatic heterocycles. The zero-order valence-corrected chi connectivity index (χ0v) is 19.6. The number of para-hydroxylation sites is 1. The number of hydrogen-bond acceptors (Lipinski definition) is 3. The number of nitrogens with zero attached hydrogens (tertiary/aromatic N) is 1. The molecule has 2 amide bonds. The lowest BCUT2D eigenvalue weighted by atomic mass is 9.80. The molecule has 0 spiro atoms. The van der Waals surface area contributed by atoms with Gasteiger partial charge in [-0.3, -0.25) is 9.59 Å². The fraction of sp³-hybridized carbons (Fsp3) is 0.440. The molecule has 1 saturated heterocycles. The van der Waals surface area contributed by atoms with Gasteiger partial charge in [-0.15, -0.1) is 0 Å². The summed E-state index contributed by atoms with van der Waals surface area (Å²) < 4.78 is 45.7. The predicted molar refractivity (Wildman–Crippen MR) is 121 cm³/mol. The molecule has 0 aromatic heterocycles. The quantitative estimate of drug-likeness (QED) is 0.617. The summed E-state index contributed by atoms with van der Waals surface area (Å²) in [5.74, 6) is -1.37. The van der Waals surface area contributed by atoms with Crippen LogP contribution in [-0.2, 0) is 15.8 Å². The van der Waals surface area contributed by atoms with Crippen LogP contribution in [0.2, 0.25) is 0 Å². The molecule has 5 nitrogen and oxygen atoms in total. The number of aryl methyl sites for hydroxylation is 2. The van der Waals surface area contributed by atoms with Gasteiger partial charge in [0.15, 0.2) is 0 Å². The van der Waals surface area contributed by atoms with E-state index in [1.165, 1.54) is 6.07 Å². The Morgan fingerprint density at radius 2 is 1.79 bits per heavy atom. The highest BCUT2D eigenvalue weighted by Crippen LogP contribution is 2.42. The van der Waals surface area contributed by atoms with E-state index in [1.54, 1.807) is 32.6 Å². The summed E-state index contributed by atoms with van der Waals surface area (Å²) in [5, 5.41) is 2.60. The number of hydrogen-bond donors (Lipinski definition) is 1. The molecule has 3 rings (SSSR count). The minimum Gasteiger partial charge on any atom is -0.491 e. The van der Waals surface area contributed by atoms with Gasteiger partial charge in [-0.1, -0.05) is 25.1 Å². The van der Waals surface area contributed by atoms with Gasteiger partial charge in [-0.25, -0.2) is 0 Å². The predicted octanol–water partition coefficient (Wildman–Crippen LogP) is 5.74. The number of carbonyl (C=O) groups excluding carboxylic acids is 2. The number of amides is 2. The molecule has 0 aliphatic carbocycles. The third kappa shape index (κ3) is 4.84. The molecule has 1 fully saturated rings. The van der Waals surface area contributed by atoms with Crippen LogP contribution in [0.3, 0.4) is 0 Å². The van der Waals surface area contributed by atoms with E-state index in [0.29, 0.717) is 0 Å². The van der Waals surface area contributed by atoms with E-state index >= 15 is 0 Å². The second kappa shape index (κ2) is 8.72. The smallest absolute Gasteiger partial charge is 0.416 e. The maximum absolute atomic E-state index is 13.4. The fourth-order valence-corrected chi connectivity index (χ4v) is 4.19. The molecule has 0 radical (unpaired) electrons. The molecule has 2 aromatic rings. The molecular formula is C25H29F3N2O3.